The molecule has 10 atom stereocenters. The summed E-state index contributed by atoms with van der Waals surface area (Å²) in [5.41, 5.74) is 1.10. The van der Waals surface area contributed by atoms with Gasteiger partial charge in [-0.15, -0.1) is 0 Å². The Morgan fingerprint density at radius 1 is 0.646 bits per heavy atom. The van der Waals surface area contributed by atoms with Gasteiger partial charge in [-0.1, -0.05) is 122 Å². The molecule has 0 aliphatic carbocycles. The molecule has 8 N–H and O–H groups in total. The minimum atomic E-state index is -1.23. The lowest BCUT2D eigenvalue weighted by molar-refractivity contribution is -0.144. The number of likely N-dealkylation sites (tertiary alicyclic amines) is 1. The number of benzene rings is 2. The van der Waals surface area contributed by atoms with E-state index in [1.807, 2.05) is 32.0 Å². The molecule has 21 heteroatoms. The topological polar surface area (TPSA) is 285 Å². The van der Waals surface area contributed by atoms with E-state index in [1.165, 1.54) is 20.9 Å². The van der Waals surface area contributed by atoms with Crippen molar-refractivity contribution in [1.29, 1.82) is 0 Å². The molecule has 3 saturated heterocycles. The zero-order valence-electron chi connectivity index (χ0n) is 46.9. The van der Waals surface area contributed by atoms with Crippen LogP contribution in [0.5, 0.6) is 0 Å². The Kier molecular flexibility index (Phi) is 21.6. The molecule has 0 unspecified atom stereocenters. The van der Waals surface area contributed by atoms with Gasteiger partial charge in [-0.2, -0.15) is 0 Å². The van der Waals surface area contributed by atoms with Gasteiger partial charge in [-0.25, -0.2) is 4.79 Å². The van der Waals surface area contributed by atoms with Crippen LogP contribution in [-0.4, -0.2) is 153 Å². The van der Waals surface area contributed by atoms with E-state index in [9.17, 15) is 48.3 Å². The van der Waals surface area contributed by atoms with Gasteiger partial charge >= 0.3 is 5.97 Å². The highest BCUT2D eigenvalue weighted by Crippen LogP contribution is 2.26. The summed E-state index contributed by atoms with van der Waals surface area (Å²) < 4.78 is 0. The van der Waals surface area contributed by atoms with Crippen molar-refractivity contribution < 1.29 is 53.1 Å². The first-order valence-electron chi connectivity index (χ1n) is 28.1. The molecule has 21 nitrogen and oxygen atoms in total. The van der Waals surface area contributed by atoms with E-state index >= 15 is 4.79 Å². The molecule has 430 valence electrons. The van der Waals surface area contributed by atoms with Crippen molar-refractivity contribution in [3.05, 3.63) is 83.7 Å². The Bertz CT molecular complexity index is 2560. The number of hydrogen-bond donors (Lipinski definition) is 8. The summed E-state index contributed by atoms with van der Waals surface area (Å²) in [4.78, 5) is 147. The standard InChI is InChI=1S/C58H82N10O11/c1-9-36(8)48(58(78)79)65-50(70)40(30-37-19-12-10-13-20-37)60-49(69)39(29-33(2)3)61-51(71)43-23-17-27-67(43)56(76)42-32-59-47(35(6)7)57(77)68-28-18-25-45(68)53(73)64-46(34(4)5)54(74)62-41(31-38-21-14-11-15-22-38)55(75)66-26-16-24-44(66)52(72)63-42/h10-15,19-22,32-36,39-41,43-48,59H,9,16-18,23-31H2,1-8H3,(H,60,69)(H,61,71)(H,62,74)(H,63,72)(H,64,73)(H,65,70)(H,78,79)/t36-,39-,40-,41-,43-,44-,45-,46-,47-,48-/m0/s1. The van der Waals surface area contributed by atoms with Crippen molar-refractivity contribution >= 4 is 59.1 Å². The van der Waals surface area contributed by atoms with Crippen LogP contribution in [0.2, 0.25) is 0 Å². The number of fused-ring (bicyclic) bond motifs is 2. The van der Waals surface area contributed by atoms with Gasteiger partial charge in [0.2, 0.25) is 47.3 Å². The highest BCUT2D eigenvalue weighted by atomic mass is 16.4. The van der Waals surface area contributed by atoms with Gasteiger partial charge in [0.15, 0.2) is 0 Å². The molecule has 2 aromatic rings. The fourth-order valence-electron chi connectivity index (χ4n) is 10.8. The molecule has 3 fully saturated rings. The molecule has 0 spiro atoms. The average molecular weight is 1100 g/mol. The zero-order valence-corrected chi connectivity index (χ0v) is 46.9. The fraction of sp³-hybridized carbons (Fsp3) is 0.586. The number of carbonyl (C=O) groups excluding carboxylic acids is 9. The number of amides is 9. The summed E-state index contributed by atoms with van der Waals surface area (Å²) in [7, 11) is 0. The Morgan fingerprint density at radius 2 is 1.22 bits per heavy atom. The van der Waals surface area contributed by atoms with Crippen LogP contribution in [0.15, 0.2) is 72.6 Å². The number of rotatable bonds is 18. The van der Waals surface area contributed by atoms with Crippen LogP contribution in [0.1, 0.15) is 118 Å². The first kappa shape index (κ1) is 60.9. The summed E-state index contributed by atoms with van der Waals surface area (Å²) >= 11 is 0. The Labute approximate surface area is 463 Å². The normalized spacial score (nSPS) is 23.9. The smallest absolute Gasteiger partial charge is 0.326 e. The number of hydrogen-bond acceptors (Lipinski definition) is 11. The first-order valence-corrected chi connectivity index (χ1v) is 28.1. The third-order valence-corrected chi connectivity index (χ3v) is 15.5. The second kappa shape index (κ2) is 28.0. The number of carbonyl (C=O) groups is 10. The average Bonchev–Trinajstić information content (AvgIpc) is 4.25. The molecule has 4 heterocycles. The molecular weight excluding hydrogens is 1010 g/mol. The van der Waals surface area contributed by atoms with Crippen molar-refractivity contribution in [3.63, 3.8) is 0 Å². The number of nitrogens with zero attached hydrogens (tertiary/aromatic N) is 3. The highest BCUT2D eigenvalue weighted by molar-refractivity contribution is 6.03. The number of carboxylic acid groups (broad SMARTS) is 1. The van der Waals surface area contributed by atoms with Crippen molar-refractivity contribution in [2.75, 3.05) is 19.6 Å². The molecule has 4 aliphatic rings. The van der Waals surface area contributed by atoms with E-state index in [1.54, 1.807) is 84.0 Å². The third kappa shape index (κ3) is 15.7. The number of aliphatic carboxylic acids is 1. The van der Waals surface area contributed by atoms with E-state index in [0.29, 0.717) is 37.7 Å². The molecule has 4 aliphatic heterocycles. The van der Waals surface area contributed by atoms with Crippen LogP contribution < -0.4 is 37.2 Å². The largest absolute Gasteiger partial charge is 0.480 e. The maximum absolute atomic E-state index is 15.1. The predicted octanol–water partition coefficient (Wildman–Crippen LogP) is 2.29. The second-order valence-electron chi connectivity index (χ2n) is 22.6. The van der Waals surface area contributed by atoms with E-state index in [2.05, 4.69) is 37.2 Å². The minimum absolute atomic E-state index is 0.0148. The van der Waals surface area contributed by atoms with Crippen LogP contribution in [0.4, 0.5) is 0 Å². The maximum atomic E-state index is 15.1. The molecule has 9 amide bonds. The van der Waals surface area contributed by atoms with Crippen LogP contribution >= 0.6 is 0 Å². The number of nitrogens with one attached hydrogen (secondary N) is 7. The van der Waals surface area contributed by atoms with Crippen LogP contribution in [0, 0.1) is 23.7 Å². The molecule has 0 aromatic heterocycles. The van der Waals surface area contributed by atoms with E-state index < -0.39 is 131 Å². The van der Waals surface area contributed by atoms with Crippen LogP contribution in [0.25, 0.3) is 0 Å². The minimum Gasteiger partial charge on any atom is -0.480 e. The zero-order chi connectivity index (χ0) is 57.7. The summed E-state index contributed by atoms with van der Waals surface area (Å²) in [6.45, 7) is 14.8. The lowest BCUT2D eigenvalue weighted by Gasteiger charge is -2.33. The Hall–Kier alpha value is -7.32. The van der Waals surface area contributed by atoms with Gasteiger partial charge in [0.05, 0.1) is 0 Å². The molecule has 0 bridgehead atoms. The molecule has 79 heavy (non-hydrogen) atoms. The Morgan fingerprint density at radius 3 is 1.80 bits per heavy atom. The molecule has 0 radical (unpaired) electrons. The van der Waals surface area contributed by atoms with E-state index in [0.717, 1.165) is 5.56 Å². The van der Waals surface area contributed by atoms with Crippen molar-refractivity contribution in [3.8, 4) is 0 Å². The summed E-state index contributed by atoms with van der Waals surface area (Å²) in [6.07, 6.45) is 3.91. The predicted molar refractivity (Wildman–Crippen MR) is 294 cm³/mol. The first-order chi connectivity index (χ1) is 37.6. The second-order valence-corrected chi connectivity index (χ2v) is 22.6. The van der Waals surface area contributed by atoms with Gasteiger partial charge in [-0.05, 0) is 79.7 Å². The van der Waals surface area contributed by atoms with Crippen LogP contribution in [-0.2, 0) is 60.8 Å². The lowest BCUT2D eigenvalue weighted by atomic mass is 9.97. The summed E-state index contributed by atoms with van der Waals surface area (Å²) in [5.74, 6) is -8.32. The van der Waals surface area contributed by atoms with Crippen molar-refractivity contribution in [2.45, 2.75) is 174 Å². The van der Waals surface area contributed by atoms with Gasteiger partial charge in [-0.3, -0.25) is 43.2 Å². The maximum Gasteiger partial charge on any atom is 0.326 e. The molecular formula is C58H82N10O11. The van der Waals surface area contributed by atoms with Gasteiger partial charge in [0, 0.05) is 38.7 Å². The lowest BCUT2D eigenvalue weighted by Crippen LogP contribution is -2.60. The van der Waals surface area contributed by atoms with Gasteiger partial charge in [0.1, 0.15) is 60.1 Å². The van der Waals surface area contributed by atoms with Crippen molar-refractivity contribution in [2.24, 2.45) is 23.7 Å². The van der Waals surface area contributed by atoms with Gasteiger partial charge < -0.3 is 57.0 Å². The Balaban J connectivity index is 1.31. The molecule has 0 saturated carbocycles. The quantitative estimate of drug-likeness (QED) is 0.107. The van der Waals surface area contributed by atoms with E-state index in [-0.39, 0.29) is 63.4 Å². The van der Waals surface area contributed by atoms with Gasteiger partial charge in [0.25, 0.3) is 5.91 Å². The fourth-order valence-corrected chi connectivity index (χ4v) is 10.8. The summed E-state index contributed by atoms with van der Waals surface area (Å²) in [5, 5.41) is 29.9. The summed E-state index contributed by atoms with van der Waals surface area (Å²) in [6, 6.07) is 7.86. The van der Waals surface area contributed by atoms with Crippen LogP contribution in [0.3, 0.4) is 0 Å². The third-order valence-electron chi connectivity index (χ3n) is 15.5. The monoisotopic (exact) mass is 1090 g/mol. The highest BCUT2D eigenvalue weighted by Gasteiger charge is 2.44. The molecule has 2 aromatic carbocycles. The van der Waals surface area contributed by atoms with Crippen molar-refractivity contribution in [1.82, 2.24) is 51.9 Å². The number of carboxylic acids is 1. The van der Waals surface area contributed by atoms with E-state index in [4.69, 9.17) is 0 Å². The SMILES string of the molecule is CC[C@H](C)[C@H](NC(=O)[C@H](Cc1ccccc1)NC(=O)[C@H](CC(C)C)NC(=O)[C@@H]1CCCN1C(=O)C1=CN[C@@H](C(C)C)C(=O)N2CCC[C@H]2C(=O)N[C@@H](C(C)C)C(=O)N[C@@H](Cc2ccccc2)C(=O)N2CCC[C@H]2C(=O)N1)C(=O)O. The molecule has 6 rings (SSSR count).